The van der Waals surface area contributed by atoms with Crippen LogP contribution in [0, 0.1) is 11.7 Å². The first-order valence-electron chi connectivity index (χ1n) is 9.04. The summed E-state index contributed by atoms with van der Waals surface area (Å²) < 4.78 is 26.0. The highest BCUT2D eigenvalue weighted by molar-refractivity contribution is 8.13. The van der Waals surface area contributed by atoms with E-state index in [2.05, 4.69) is 5.32 Å². The SMILES string of the molecule is CC[C@@H]1OC[C@@]2(c3cc(N)ccc3F)N=C(NC(=O)OC(C)(C)C)SC[C@H]12. The fraction of sp³-hybridized carbons (Fsp3) is 0.579. The van der Waals surface area contributed by atoms with Crippen molar-refractivity contribution in [3.05, 3.63) is 29.6 Å². The van der Waals surface area contributed by atoms with E-state index in [1.54, 1.807) is 26.8 Å². The number of anilines is 1. The quantitative estimate of drug-likeness (QED) is 0.747. The third-order valence-corrected chi connectivity index (χ3v) is 5.74. The van der Waals surface area contributed by atoms with Crippen molar-refractivity contribution >= 4 is 28.7 Å². The third kappa shape index (κ3) is 4.06. The van der Waals surface area contributed by atoms with Gasteiger partial charge in [-0.3, -0.25) is 5.32 Å². The number of hydrogen-bond acceptors (Lipinski definition) is 6. The minimum Gasteiger partial charge on any atom is -0.444 e. The summed E-state index contributed by atoms with van der Waals surface area (Å²) in [5.41, 5.74) is 5.27. The van der Waals surface area contributed by atoms with Crippen LogP contribution in [0.2, 0.25) is 0 Å². The number of ether oxygens (including phenoxy) is 2. The summed E-state index contributed by atoms with van der Waals surface area (Å²) in [5.74, 6) is 0.274. The lowest BCUT2D eigenvalue weighted by Gasteiger charge is -2.36. The van der Waals surface area contributed by atoms with E-state index in [9.17, 15) is 9.18 Å². The van der Waals surface area contributed by atoms with Gasteiger partial charge in [-0.25, -0.2) is 14.2 Å². The number of rotatable bonds is 2. The molecule has 2 aliphatic rings. The topological polar surface area (TPSA) is 85.9 Å². The normalized spacial score (nSPS) is 27.7. The summed E-state index contributed by atoms with van der Waals surface area (Å²) in [4.78, 5) is 16.9. The summed E-state index contributed by atoms with van der Waals surface area (Å²) in [6.45, 7) is 7.66. The number of carbonyl (C=O) groups is 1. The molecule has 1 aromatic rings. The van der Waals surface area contributed by atoms with E-state index in [0.29, 0.717) is 22.2 Å². The number of nitrogens with one attached hydrogen (secondary N) is 1. The van der Waals surface area contributed by atoms with Gasteiger partial charge in [-0.2, -0.15) is 0 Å². The van der Waals surface area contributed by atoms with Gasteiger partial charge in [0.15, 0.2) is 5.17 Å². The molecule has 0 bridgehead atoms. The van der Waals surface area contributed by atoms with E-state index in [1.165, 1.54) is 23.9 Å². The molecule has 148 valence electrons. The van der Waals surface area contributed by atoms with Crippen molar-refractivity contribution in [3.63, 3.8) is 0 Å². The average molecular weight is 396 g/mol. The molecule has 1 fully saturated rings. The van der Waals surface area contributed by atoms with Gasteiger partial charge in [0.1, 0.15) is 17.0 Å². The molecule has 1 saturated heterocycles. The Kier molecular flexibility index (Phi) is 5.40. The second-order valence-corrected chi connectivity index (χ2v) is 8.89. The number of alkyl carbamates (subject to hydrolysis) is 1. The zero-order chi connectivity index (χ0) is 19.8. The zero-order valence-electron chi connectivity index (χ0n) is 16.0. The number of amides is 1. The molecule has 0 radical (unpaired) electrons. The Balaban J connectivity index is 1.98. The molecule has 6 nitrogen and oxygen atoms in total. The number of carbonyl (C=O) groups excluding carboxylic acids is 1. The molecule has 0 aromatic heterocycles. The van der Waals surface area contributed by atoms with Gasteiger partial charge < -0.3 is 15.2 Å². The lowest BCUT2D eigenvalue weighted by atomic mass is 9.78. The maximum Gasteiger partial charge on any atom is 0.413 e. The number of hydrogen-bond donors (Lipinski definition) is 2. The van der Waals surface area contributed by atoms with Gasteiger partial charge in [-0.05, 0) is 45.4 Å². The summed E-state index contributed by atoms with van der Waals surface area (Å²) in [7, 11) is 0. The smallest absolute Gasteiger partial charge is 0.413 e. The van der Waals surface area contributed by atoms with Crippen LogP contribution >= 0.6 is 11.8 Å². The first kappa shape index (κ1) is 19.9. The van der Waals surface area contributed by atoms with Crippen LogP contribution < -0.4 is 11.1 Å². The van der Waals surface area contributed by atoms with Gasteiger partial charge >= 0.3 is 6.09 Å². The van der Waals surface area contributed by atoms with Gasteiger partial charge in [-0.1, -0.05) is 18.7 Å². The number of nitrogens with zero attached hydrogens (tertiary/aromatic N) is 1. The highest BCUT2D eigenvalue weighted by Gasteiger charge is 2.53. The van der Waals surface area contributed by atoms with Crippen LogP contribution in [0.1, 0.15) is 39.7 Å². The number of halogens is 1. The molecule has 0 aliphatic carbocycles. The van der Waals surface area contributed by atoms with Crippen LogP contribution in [0.3, 0.4) is 0 Å². The molecule has 1 amide bonds. The number of aliphatic imine (C=N–C) groups is 1. The van der Waals surface area contributed by atoms with E-state index in [0.717, 1.165) is 6.42 Å². The molecule has 0 spiro atoms. The highest BCUT2D eigenvalue weighted by atomic mass is 32.2. The standard InChI is InChI=1S/C19H26FN3O3S/c1-5-15-13-9-27-16(22-17(24)26-18(2,3)4)23-19(13,10-25-15)12-8-11(21)6-7-14(12)20/h6-8,13,15H,5,9-10,21H2,1-4H3,(H,22,23,24)/t13-,15+,19+/m1/s1. The summed E-state index contributed by atoms with van der Waals surface area (Å²) in [6.07, 6.45) is 0.202. The first-order valence-corrected chi connectivity index (χ1v) is 10.0. The van der Waals surface area contributed by atoms with Crippen LogP contribution in [0.4, 0.5) is 14.9 Å². The van der Waals surface area contributed by atoms with E-state index in [-0.39, 0.29) is 24.4 Å². The van der Waals surface area contributed by atoms with Gasteiger partial charge in [0, 0.05) is 22.9 Å². The van der Waals surface area contributed by atoms with Gasteiger partial charge in [0.2, 0.25) is 0 Å². The van der Waals surface area contributed by atoms with E-state index < -0.39 is 17.2 Å². The lowest BCUT2D eigenvalue weighted by molar-refractivity contribution is 0.0564. The molecule has 2 aliphatic heterocycles. The third-order valence-electron chi connectivity index (χ3n) is 4.75. The van der Waals surface area contributed by atoms with Crippen molar-refractivity contribution in [2.24, 2.45) is 10.9 Å². The molecular formula is C19H26FN3O3S. The minimum absolute atomic E-state index is 0.00649. The molecule has 27 heavy (non-hydrogen) atoms. The molecule has 0 unspecified atom stereocenters. The number of fused-ring (bicyclic) bond motifs is 1. The molecular weight excluding hydrogens is 369 g/mol. The predicted molar refractivity (Wildman–Crippen MR) is 105 cm³/mol. The summed E-state index contributed by atoms with van der Waals surface area (Å²) in [6, 6.07) is 4.50. The fourth-order valence-electron chi connectivity index (χ4n) is 3.58. The number of thioether (sulfide) groups is 1. The van der Waals surface area contributed by atoms with Crippen molar-refractivity contribution in [1.29, 1.82) is 0 Å². The van der Waals surface area contributed by atoms with E-state index >= 15 is 0 Å². The molecule has 2 heterocycles. The van der Waals surface area contributed by atoms with Crippen LogP contribution in [0.15, 0.2) is 23.2 Å². The van der Waals surface area contributed by atoms with Crippen LogP contribution in [-0.2, 0) is 15.0 Å². The van der Waals surface area contributed by atoms with Crippen molar-refractivity contribution in [2.75, 3.05) is 18.1 Å². The van der Waals surface area contributed by atoms with E-state index in [1.807, 2.05) is 6.92 Å². The number of benzene rings is 1. The predicted octanol–water partition coefficient (Wildman–Crippen LogP) is 3.66. The highest BCUT2D eigenvalue weighted by Crippen LogP contribution is 2.49. The minimum atomic E-state index is -0.907. The molecule has 8 heteroatoms. The Morgan fingerprint density at radius 2 is 2.26 bits per heavy atom. The van der Waals surface area contributed by atoms with Crippen molar-refractivity contribution in [3.8, 4) is 0 Å². The number of nitrogen functional groups attached to an aromatic ring is 1. The molecule has 3 N–H and O–H groups in total. The molecule has 3 atom stereocenters. The van der Waals surface area contributed by atoms with Gasteiger partial charge in [-0.15, -0.1) is 0 Å². The van der Waals surface area contributed by atoms with Crippen LogP contribution in [-0.4, -0.2) is 35.3 Å². The van der Waals surface area contributed by atoms with Crippen LogP contribution in [0.5, 0.6) is 0 Å². The van der Waals surface area contributed by atoms with Gasteiger partial charge in [0.25, 0.3) is 0 Å². The maximum absolute atomic E-state index is 14.7. The maximum atomic E-state index is 14.7. The molecule has 1 aromatic carbocycles. The number of amidine groups is 1. The Bertz CT molecular complexity index is 765. The first-order chi connectivity index (χ1) is 12.6. The van der Waals surface area contributed by atoms with Gasteiger partial charge in [0.05, 0.1) is 12.7 Å². The van der Waals surface area contributed by atoms with E-state index in [4.69, 9.17) is 20.2 Å². The summed E-state index contributed by atoms with van der Waals surface area (Å²) >= 11 is 1.42. The Hall–Kier alpha value is -1.80. The number of nitrogens with two attached hydrogens (primary N) is 1. The largest absolute Gasteiger partial charge is 0.444 e. The Morgan fingerprint density at radius 3 is 2.93 bits per heavy atom. The van der Waals surface area contributed by atoms with Crippen molar-refractivity contribution in [2.45, 2.75) is 51.4 Å². The monoisotopic (exact) mass is 395 g/mol. The van der Waals surface area contributed by atoms with Crippen LogP contribution in [0.25, 0.3) is 0 Å². The summed E-state index contributed by atoms with van der Waals surface area (Å²) in [5, 5.41) is 3.10. The second kappa shape index (κ2) is 7.31. The molecule has 0 saturated carbocycles. The second-order valence-electron chi connectivity index (χ2n) is 7.88. The Labute approximate surface area is 163 Å². The Morgan fingerprint density at radius 1 is 1.52 bits per heavy atom. The fourth-order valence-corrected chi connectivity index (χ4v) is 4.79. The van der Waals surface area contributed by atoms with Crippen molar-refractivity contribution < 1.29 is 18.7 Å². The zero-order valence-corrected chi connectivity index (χ0v) is 16.9. The van der Waals surface area contributed by atoms with Crippen molar-refractivity contribution in [1.82, 2.24) is 5.32 Å². The lowest BCUT2D eigenvalue weighted by Crippen LogP contribution is -2.45. The average Bonchev–Trinajstić information content (AvgIpc) is 2.94. The molecule has 3 rings (SSSR count).